The summed E-state index contributed by atoms with van der Waals surface area (Å²) in [5.74, 6) is 1.37. The van der Waals surface area contributed by atoms with E-state index in [4.69, 9.17) is 13.9 Å². The highest BCUT2D eigenvalue weighted by Crippen LogP contribution is 2.43. The molecule has 0 N–H and O–H groups in total. The quantitative estimate of drug-likeness (QED) is 0.378. The van der Waals surface area contributed by atoms with Gasteiger partial charge < -0.3 is 13.9 Å². The van der Waals surface area contributed by atoms with E-state index in [1.54, 1.807) is 14.2 Å². The maximum absolute atomic E-state index is 6.28. The third-order valence-electron chi connectivity index (χ3n) is 4.85. The fourth-order valence-electron chi connectivity index (χ4n) is 3.73. The average molecular weight is 328 g/mol. The number of fused-ring (bicyclic) bond motifs is 8. The molecule has 1 aromatic heterocycles. The minimum atomic E-state index is 0.669. The predicted molar refractivity (Wildman–Crippen MR) is 102 cm³/mol. The summed E-state index contributed by atoms with van der Waals surface area (Å²) in [6.45, 7) is 0. The van der Waals surface area contributed by atoms with Gasteiger partial charge in [0.1, 0.15) is 11.2 Å². The monoisotopic (exact) mass is 328 g/mol. The van der Waals surface area contributed by atoms with E-state index in [0.29, 0.717) is 11.5 Å². The van der Waals surface area contributed by atoms with Crippen molar-refractivity contribution in [2.24, 2.45) is 0 Å². The van der Waals surface area contributed by atoms with Gasteiger partial charge in [-0.2, -0.15) is 0 Å². The molecule has 0 amide bonds. The van der Waals surface area contributed by atoms with E-state index in [0.717, 1.165) is 27.3 Å². The molecular formula is C22H16O3. The lowest BCUT2D eigenvalue weighted by atomic mass is 9.97. The van der Waals surface area contributed by atoms with E-state index in [9.17, 15) is 0 Å². The maximum atomic E-state index is 6.28. The van der Waals surface area contributed by atoms with Crippen LogP contribution in [0.5, 0.6) is 11.5 Å². The van der Waals surface area contributed by atoms with Crippen molar-refractivity contribution in [2.75, 3.05) is 14.2 Å². The standard InChI is InChI=1S/C22H16O3/c1-23-19-11-17-18(12-20(19)24-2)25-22-16-10-6-4-8-14(16)13-7-3-5-9-15(13)21(17)22/h3-12H,1-2H3. The second-order valence-electron chi connectivity index (χ2n) is 6.10. The molecule has 0 unspecified atom stereocenters. The molecule has 0 atom stereocenters. The number of rotatable bonds is 2. The molecule has 0 saturated carbocycles. The Morgan fingerprint density at radius 1 is 0.640 bits per heavy atom. The van der Waals surface area contributed by atoms with Gasteiger partial charge in [-0.25, -0.2) is 0 Å². The Morgan fingerprint density at radius 3 is 1.88 bits per heavy atom. The Balaban J connectivity index is 2.10. The number of furan rings is 1. The van der Waals surface area contributed by atoms with Crippen molar-refractivity contribution in [3.05, 3.63) is 60.7 Å². The molecule has 1 heterocycles. The highest BCUT2D eigenvalue weighted by atomic mass is 16.5. The normalized spacial score (nSPS) is 11.6. The van der Waals surface area contributed by atoms with Crippen LogP contribution in [0, 0.1) is 0 Å². The summed E-state index contributed by atoms with van der Waals surface area (Å²) >= 11 is 0. The van der Waals surface area contributed by atoms with Crippen LogP contribution in [0.1, 0.15) is 0 Å². The first-order valence-electron chi connectivity index (χ1n) is 8.19. The van der Waals surface area contributed by atoms with Crippen molar-refractivity contribution in [1.82, 2.24) is 0 Å². The third-order valence-corrected chi connectivity index (χ3v) is 4.85. The lowest BCUT2D eigenvalue weighted by molar-refractivity contribution is 0.355. The third kappa shape index (κ3) is 1.86. The predicted octanol–water partition coefficient (Wildman–Crippen LogP) is 5.91. The van der Waals surface area contributed by atoms with Gasteiger partial charge in [0.05, 0.1) is 14.2 Å². The molecule has 5 rings (SSSR count). The van der Waals surface area contributed by atoms with Crippen LogP contribution in [0.25, 0.3) is 43.5 Å². The second kappa shape index (κ2) is 5.15. The van der Waals surface area contributed by atoms with Gasteiger partial charge in [-0.3, -0.25) is 0 Å². The molecule has 5 aromatic rings. The van der Waals surface area contributed by atoms with E-state index < -0.39 is 0 Å². The fourth-order valence-corrected chi connectivity index (χ4v) is 3.73. The smallest absolute Gasteiger partial charge is 0.164 e. The lowest BCUT2D eigenvalue weighted by Gasteiger charge is -2.07. The topological polar surface area (TPSA) is 31.6 Å². The van der Waals surface area contributed by atoms with Crippen LogP contribution in [-0.2, 0) is 0 Å². The van der Waals surface area contributed by atoms with E-state index in [1.807, 2.05) is 18.2 Å². The van der Waals surface area contributed by atoms with E-state index >= 15 is 0 Å². The van der Waals surface area contributed by atoms with Crippen LogP contribution in [-0.4, -0.2) is 14.2 Å². The van der Waals surface area contributed by atoms with Crippen molar-refractivity contribution in [1.29, 1.82) is 0 Å². The van der Waals surface area contributed by atoms with Crippen LogP contribution < -0.4 is 9.47 Å². The van der Waals surface area contributed by atoms with Crippen molar-refractivity contribution in [3.63, 3.8) is 0 Å². The molecule has 3 nitrogen and oxygen atoms in total. The number of methoxy groups -OCH3 is 2. The van der Waals surface area contributed by atoms with Crippen molar-refractivity contribution < 1.29 is 13.9 Å². The maximum Gasteiger partial charge on any atom is 0.164 e. The van der Waals surface area contributed by atoms with E-state index in [2.05, 4.69) is 42.5 Å². The molecule has 3 heteroatoms. The molecular weight excluding hydrogens is 312 g/mol. The highest BCUT2D eigenvalue weighted by molar-refractivity contribution is 6.30. The Morgan fingerprint density at radius 2 is 1.20 bits per heavy atom. The SMILES string of the molecule is COc1cc2oc3c4ccccc4c4ccccc4c3c2cc1OC. The number of ether oxygens (including phenoxy) is 2. The van der Waals surface area contributed by atoms with Crippen molar-refractivity contribution in [2.45, 2.75) is 0 Å². The number of benzene rings is 4. The Hall–Kier alpha value is -3.20. The molecule has 4 aromatic carbocycles. The minimum absolute atomic E-state index is 0.669. The van der Waals surface area contributed by atoms with Crippen LogP contribution in [0.3, 0.4) is 0 Å². The van der Waals surface area contributed by atoms with Gasteiger partial charge in [0.2, 0.25) is 0 Å². The Bertz CT molecular complexity index is 1260. The van der Waals surface area contributed by atoms with Gasteiger partial charge in [-0.1, -0.05) is 48.5 Å². The summed E-state index contributed by atoms with van der Waals surface area (Å²) in [7, 11) is 3.29. The molecule has 0 saturated heterocycles. The summed E-state index contributed by atoms with van der Waals surface area (Å²) < 4.78 is 17.2. The van der Waals surface area contributed by atoms with Gasteiger partial charge in [-0.05, 0) is 22.2 Å². The summed E-state index contributed by atoms with van der Waals surface area (Å²) in [5, 5.41) is 6.87. The van der Waals surface area contributed by atoms with Crippen LogP contribution in [0.4, 0.5) is 0 Å². The first-order chi connectivity index (χ1) is 12.3. The zero-order chi connectivity index (χ0) is 17.0. The zero-order valence-corrected chi connectivity index (χ0v) is 14.0. The van der Waals surface area contributed by atoms with E-state index in [-0.39, 0.29) is 0 Å². The molecule has 0 radical (unpaired) electrons. The molecule has 122 valence electrons. The van der Waals surface area contributed by atoms with E-state index in [1.165, 1.54) is 16.2 Å². The highest BCUT2D eigenvalue weighted by Gasteiger charge is 2.17. The number of hydrogen-bond acceptors (Lipinski definition) is 3. The molecule has 0 bridgehead atoms. The van der Waals surface area contributed by atoms with Crippen molar-refractivity contribution in [3.8, 4) is 11.5 Å². The largest absolute Gasteiger partial charge is 0.493 e. The second-order valence-corrected chi connectivity index (χ2v) is 6.10. The van der Waals surface area contributed by atoms with Gasteiger partial charge in [-0.15, -0.1) is 0 Å². The summed E-state index contributed by atoms with van der Waals surface area (Å²) in [6.07, 6.45) is 0. The molecule has 0 spiro atoms. The first kappa shape index (κ1) is 14.2. The zero-order valence-electron chi connectivity index (χ0n) is 14.0. The van der Waals surface area contributed by atoms with Gasteiger partial charge >= 0.3 is 0 Å². The average Bonchev–Trinajstić information content (AvgIpc) is 3.05. The number of hydrogen-bond donors (Lipinski definition) is 0. The van der Waals surface area contributed by atoms with Gasteiger partial charge in [0, 0.05) is 22.2 Å². The van der Waals surface area contributed by atoms with Crippen LogP contribution in [0.15, 0.2) is 65.1 Å². The summed E-state index contributed by atoms with van der Waals surface area (Å²) in [6, 6.07) is 20.7. The minimum Gasteiger partial charge on any atom is -0.493 e. The molecule has 0 aliphatic rings. The lowest BCUT2D eigenvalue weighted by Crippen LogP contribution is -1.89. The van der Waals surface area contributed by atoms with Crippen LogP contribution >= 0.6 is 0 Å². The van der Waals surface area contributed by atoms with Gasteiger partial charge in [0.15, 0.2) is 11.5 Å². The molecule has 0 aliphatic heterocycles. The fraction of sp³-hybridized carbons (Fsp3) is 0.0909. The van der Waals surface area contributed by atoms with Crippen LogP contribution in [0.2, 0.25) is 0 Å². The summed E-state index contributed by atoms with van der Waals surface area (Å²) in [4.78, 5) is 0. The molecule has 0 aliphatic carbocycles. The summed E-state index contributed by atoms with van der Waals surface area (Å²) in [5.41, 5.74) is 1.70. The molecule has 0 fully saturated rings. The Kier molecular flexibility index (Phi) is 2.92. The van der Waals surface area contributed by atoms with Gasteiger partial charge in [0.25, 0.3) is 0 Å². The first-order valence-corrected chi connectivity index (χ1v) is 8.19. The van der Waals surface area contributed by atoms with Crippen molar-refractivity contribution >= 4 is 43.5 Å². The Labute approximate surface area is 144 Å². The molecule has 25 heavy (non-hydrogen) atoms.